The molecule has 0 saturated heterocycles. The van der Waals surface area contributed by atoms with E-state index in [1.54, 1.807) is 13.8 Å². The van der Waals surface area contributed by atoms with E-state index in [4.69, 9.17) is 5.26 Å². The number of hydrogen-bond donors (Lipinski definition) is 1. The first-order chi connectivity index (χ1) is 7.99. The van der Waals surface area contributed by atoms with Gasteiger partial charge in [-0.1, -0.05) is 0 Å². The van der Waals surface area contributed by atoms with Crippen molar-refractivity contribution in [3.05, 3.63) is 18.1 Å². The Bertz CT molecular complexity index is 434. The van der Waals surface area contributed by atoms with E-state index in [0.29, 0.717) is 12.4 Å². The minimum atomic E-state index is -0.648. The van der Waals surface area contributed by atoms with Crippen molar-refractivity contribution in [2.24, 2.45) is 5.41 Å². The standard InChI is InChI=1S/C11H14N4O2/c1-11(2,10(16)17-3)7-15-9-6-13-8(4-12)5-14-9/h5-6H,7H2,1-3H3,(H,14,15). The Hall–Kier alpha value is -2.16. The van der Waals surface area contributed by atoms with E-state index in [0.717, 1.165) is 0 Å². The van der Waals surface area contributed by atoms with Gasteiger partial charge in [0.2, 0.25) is 0 Å². The third-order valence-electron chi connectivity index (χ3n) is 2.22. The van der Waals surface area contributed by atoms with Crippen molar-refractivity contribution in [2.75, 3.05) is 19.0 Å². The van der Waals surface area contributed by atoms with Crippen LogP contribution in [0.15, 0.2) is 12.4 Å². The summed E-state index contributed by atoms with van der Waals surface area (Å²) in [6, 6.07) is 1.88. The average Bonchev–Trinajstić information content (AvgIpc) is 2.36. The summed E-state index contributed by atoms with van der Waals surface area (Å²) in [4.78, 5) is 19.3. The summed E-state index contributed by atoms with van der Waals surface area (Å²) in [5.74, 6) is 0.215. The number of rotatable bonds is 4. The van der Waals surface area contributed by atoms with E-state index < -0.39 is 5.41 Å². The summed E-state index contributed by atoms with van der Waals surface area (Å²) in [6.45, 7) is 3.91. The molecule has 1 aromatic rings. The molecular formula is C11H14N4O2. The molecule has 1 rings (SSSR count). The number of carbonyl (C=O) groups excluding carboxylic acids is 1. The van der Waals surface area contributed by atoms with Crippen molar-refractivity contribution in [2.45, 2.75) is 13.8 Å². The Morgan fingerprint density at radius 3 is 2.71 bits per heavy atom. The highest BCUT2D eigenvalue weighted by molar-refractivity contribution is 5.76. The molecule has 0 spiro atoms. The summed E-state index contributed by atoms with van der Waals surface area (Å²) in [5, 5.41) is 11.5. The molecule has 6 heteroatoms. The number of methoxy groups -OCH3 is 1. The number of carbonyl (C=O) groups is 1. The number of aromatic nitrogens is 2. The first-order valence-electron chi connectivity index (χ1n) is 5.04. The second-order valence-corrected chi connectivity index (χ2v) is 4.13. The average molecular weight is 234 g/mol. The van der Waals surface area contributed by atoms with Gasteiger partial charge in [-0.2, -0.15) is 5.26 Å². The Kier molecular flexibility index (Phi) is 3.99. The summed E-state index contributed by atoms with van der Waals surface area (Å²) in [6.07, 6.45) is 2.82. The Labute approximate surface area is 99.6 Å². The van der Waals surface area contributed by atoms with E-state index in [2.05, 4.69) is 20.0 Å². The molecule has 1 aromatic heterocycles. The zero-order valence-corrected chi connectivity index (χ0v) is 10.0. The summed E-state index contributed by atoms with van der Waals surface area (Å²) in [7, 11) is 1.35. The summed E-state index contributed by atoms with van der Waals surface area (Å²) < 4.78 is 4.68. The summed E-state index contributed by atoms with van der Waals surface area (Å²) >= 11 is 0. The van der Waals surface area contributed by atoms with Crippen LogP contribution >= 0.6 is 0 Å². The van der Waals surface area contributed by atoms with Crippen molar-refractivity contribution >= 4 is 11.8 Å². The van der Waals surface area contributed by atoms with Crippen LogP contribution in [0.1, 0.15) is 19.5 Å². The number of nitrogens with one attached hydrogen (secondary N) is 1. The van der Waals surface area contributed by atoms with Gasteiger partial charge in [0.15, 0.2) is 5.69 Å². The van der Waals surface area contributed by atoms with Gasteiger partial charge in [-0.25, -0.2) is 9.97 Å². The number of esters is 1. The predicted molar refractivity (Wildman–Crippen MR) is 61.0 cm³/mol. The lowest BCUT2D eigenvalue weighted by Crippen LogP contribution is -2.33. The van der Waals surface area contributed by atoms with Crippen LogP contribution in [0.2, 0.25) is 0 Å². The van der Waals surface area contributed by atoms with E-state index >= 15 is 0 Å². The van der Waals surface area contributed by atoms with Crippen molar-refractivity contribution in [1.29, 1.82) is 5.26 Å². The van der Waals surface area contributed by atoms with E-state index in [1.165, 1.54) is 19.5 Å². The first-order valence-corrected chi connectivity index (χ1v) is 5.04. The van der Waals surface area contributed by atoms with Crippen molar-refractivity contribution in [3.63, 3.8) is 0 Å². The van der Waals surface area contributed by atoms with Crippen LogP contribution in [0.25, 0.3) is 0 Å². The highest BCUT2D eigenvalue weighted by atomic mass is 16.5. The lowest BCUT2D eigenvalue weighted by atomic mass is 9.94. The molecule has 0 unspecified atom stereocenters. The fraction of sp³-hybridized carbons (Fsp3) is 0.455. The van der Waals surface area contributed by atoms with Crippen LogP contribution in [-0.2, 0) is 9.53 Å². The molecular weight excluding hydrogens is 220 g/mol. The van der Waals surface area contributed by atoms with Gasteiger partial charge in [0, 0.05) is 6.54 Å². The minimum absolute atomic E-state index is 0.253. The van der Waals surface area contributed by atoms with Gasteiger partial charge >= 0.3 is 5.97 Å². The molecule has 0 atom stereocenters. The van der Waals surface area contributed by atoms with E-state index in [9.17, 15) is 4.79 Å². The molecule has 1 N–H and O–H groups in total. The van der Waals surface area contributed by atoms with Gasteiger partial charge in [-0.15, -0.1) is 0 Å². The fourth-order valence-corrected chi connectivity index (χ4v) is 1.14. The maximum Gasteiger partial charge on any atom is 0.313 e. The van der Waals surface area contributed by atoms with Gasteiger partial charge in [0.1, 0.15) is 11.9 Å². The number of hydrogen-bond acceptors (Lipinski definition) is 6. The monoisotopic (exact) mass is 234 g/mol. The molecule has 6 nitrogen and oxygen atoms in total. The van der Waals surface area contributed by atoms with Crippen LogP contribution in [0.5, 0.6) is 0 Å². The first kappa shape index (κ1) is 12.9. The van der Waals surface area contributed by atoms with Gasteiger partial charge in [-0.3, -0.25) is 4.79 Å². The lowest BCUT2D eigenvalue weighted by molar-refractivity contribution is -0.149. The van der Waals surface area contributed by atoms with Crippen LogP contribution in [0, 0.1) is 16.7 Å². The van der Waals surface area contributed by atoms with Crippen molar-refractivity contribution in [3.8, 4) is 6.07 Å². The smallest absolute Gasteiger partial charge is 0.313 e. The Balaban J connectivity index is 2.61. The zero-order valence-electron chi connectivity index (χ0n) is 10.0. The van der Waals surface area contributed by atoms with Crippen LogP contribution in [0.3, 0.4) is 0 Å². The van der Waals surface area contributed by atoms with Gasteiger partial charge in [0.05, 0.1) is 24.9 Å². The number of anilines is 1. The van der Waals surface area contributed by atoms with E-state index in [1.807, 2.05) is 6.07 Å². The second-order valence-electron chi connectivity index (χ2n) is 4.13. The molecule has 0 radical (unpaired) electrons. The molecule has 0 fully saturated rings. The molecule has 0 aliphatic heterocycles. The number of ether oxygens (including phenoxy) is 1. The molecule has 0 aliphatic carbocycles. The molecule has 0 aromatic carbocycles. The molecule has 0 bridgehead atoms. The minimum Gasteiger partial charge on any atom is -0.469 e. The van der Waals surface area contributed by atoms with Crippen LogP contribution < -0.4 is 5.32 Å². The highest BCUT2D eigenvalue weighted by Crippen LogP contribution is 2.17. The molecule has 0 aliphatic rings. The molecule has 0 saturated carbocycles. The van der Waals surface area contributed by atoms with Crippen LogP contribution in [0.4, 0.5) is 5.82 Å². The maximum absolute atomic E-state index is 11.4. The third-order valence-corrected chi connectivity index (χ3v) is 2.22. The Morgan fingerprint density at radius 1 is 1.53 bits per heavy atom. The van der Waals surface area contributed by atoms with Gasteiger partial charge in [0.25, 0.3) is 0 Å². The predicted octanol–water partition coefficient (Wildman–Crippen LogP) is 0.959. The Morgan fingerprint density at radius 2 is 2.24 bits per heavy atom. The zero-order chi connectivity index (χ0) is 12.9. The largest absolute Gasteiger partial charge is 0.469 e. The number of nitrogens with zero attached hydrogens (tertiary/aromatic N) is 3. The molecule has 17 heavy (non-hydrogen) atoms. The second kappa shape index (κ2) is 5.25. The normalized spacial score (nSPS) is 10.5. The quantitative estimate of drug-likeness (QED) is 0.780. The fourth-order valence-electron chi connectivity index (χ4n) is 1.14. The van der Waals surface area contributed by atoms with Crippen LogP contribution in [-0.4, -0.2) is 29.6 Å². The molecule has 1 heterocycles. The third kappa shape index (κ3) is 3.41. The van der Waals surface area contributed by atoms with Gasteiger partial charge < -0.3 is 10.1 Å². The van der Waals surface area contributed by atoms with E-state index in [-0.39, 0.29) is 11.7 Å². The summed E-state index contributed by atoms with van der Waals surface area (Å²) in [5.41, 5.74) is -0.396. The van der Waals surface area contributed by atoms with Crippen molar-refractivity contribution < 1.29 is 9.53 Å². The number of nitriles is 1. The molecule has 0 amide bonds. The van der Waals surface area contributed by atoms with Gasteiger partial charge in [-0.05, 0) is 13.8 Å². The lowest BCUT2D eigenvalue weighted by Gasteiger charge is -2.21. The SMILES string of the molecule is COC(=O)C(C)(C)CNc1cnc(C#N)cn1. The maximum atomic E-state index is 11.4. The highest BCUT2D eigenvalue weighted by Gasteiger charge is 2.28. The van der Waals surface area contributed by atoms with Crippen molar-refractivity contribution in [1.82, 2.24) is 9.97 Å². The topological polar surface area (TPSA) is 87.9 Å². The molecule has 90 valence electrons.